The molecule has 3 aromatic rings. The molecule has 1 heterocycles. The van der Waals surface area contributed by atoms with Crippen molar-refractivity contribution in [3.8, 4) is 5.69 Å². The molecule has 0 saturated heterocycles. The van der Waals surface area contributed by atoms with Gasteiger partial charge in [0.25, 0.3) is 0 Å². The van der Waals surface area contributed by atoms with Crippen LogP contribution >= 0.6 is 0 Å². The van der Waals surface area contributed by atoms with Crippen molar-refractivity contribution < 1.29 is 21.6 Å². The van der Waals surface area contributed by atoms with Crippen LogP contribution in [0.1, 0.15) is 18.5 Å². The van der Waals surface area contributed by atoms with Gasteiger partial charge in [-0.05, 0) is 36.8 Å². The van der Waals surface area contributed by atoms with Crippen molar-refractivity contribution in [1.82, 2.24) is 14.3 Å². The fourth-order valence-corrected chi connectivity index (χ4v) is 3.73. The van der Waals surface area contributed by atoms with Gasteiger partial charge in [0.2, 0.25) is 10.0 Å². The molecule has 0 spiro atoms. The lowest BCUT2D eigenvalue weighted by atomic mass is 10.1. The average Bonchev–Trinajstić information content (AvgIpc) is 3.14. The molecule has 1 atom stereocenters. The van der Waals surface area contributed by atoms with E-state index in [1.165, 1.54) is 0 Å². The molecule has 0 aliphatic heterocycles. The van der Waals surface area contributed by atoms with E-state index in [-0.39, 0.29) is 0 Å². The minimum absolute atomic E-state index is 0.567. The van der Waals surface area contributed by atoms with E-state index in [1.807, 2.05) is 0 Å². The Morgan fingerprint density at radius 2 is 1.73 bits per heavy atom. The van der Waals surface area contributed by atoms with Crippen molar-refractivity contribution in [2.75, 3.05) is 0 Å². The van der Waals surface area contributed by atoms with E-state index in [9.17, 15) is 21.6 Å². The highest BCUT2D eigenvalue weighted by Crippen LogP contribution is 2.23. The van der Waals surface area contributed by atoms with Crippen LogP contribution in [0.5, 0.6) is 0 Å². The van der Waals surface area contributed by atoms with Gasteiger partial charge in [0.1, 0.15) is 4.90 Å². The summed E-state index contributed by atoms with van der Waals surface area (Å²) in [6.45, 7) is 1.56. The molecule has 1 aromatic heterocycles. The number of halogens is 3. The number of hydrogen-bond acceptors (Lipinski definition) is 3. The summed E-state index contributed by atoms with van der Waals surface area (Å²) in [6.07, 6.45) is 5.00. The lowest BCUT2D eigenvalue weighted by Crippen LogP contribution is -2.28. The molecule has 2 aromatic carbocycles. The number of sulfonamides is 1. The third-order valence-corrected chi connectivity index (χ3v) is 5.38. The van der Waals surface area contributed by atoms with Gasteiger partial charge in [0.05, 0.1) is 6.33 Å². The summed E-state index contributed by atoms with van der Waals surface area (Å²) in [6, 6.07) is 7.46. The largest absolute Gasteiger partial charge is 0.306 e. The summed E-state index contributed by atoms with van der Waals surface area (Å²) >= 11 is 0. The first kappa shape index (κ1) is 18.2. The highest BCUT2D eigenvalue weighted by molar-refractivity contribution is 7.89. The molecule has 1 unspecified atom stereocenters. The number of nitrogens with zero attached hydrogens (tertiary/aromatic N) is 2. The number of aromatic nitrogens is 2. The van der Waals surface area contributed by atoms with Gasteiger partial charge in [-0.2, -0.15) is 0 Å². The molecule has 1 N–H and O–H groups in total. The SMILES string of the molecule is CC(NS(=O)(=O)c1ccc(F)c(F)c1F)c1ccc(-n2ccnc2)cc1. The fourth-order valence-electron chi connectivity index (χ4n) is 2.43. The summed E-state index contributed by atoms with van der Waals surface area (Å²) in [5, 5.41) is 0. The molecule has 0 bridgehead atoms. The predicted molar refractivity (Wildman–Crippen MR) is 88.6 cm³/mol. The van der Waals surface area contributed by atoms with E-state index in [4.69, 9.17) is 0 Å². The van der Waals surface area contributed by atoms with Crippen molar-refractivity contribution in [2.45, 2.75) is 17.9 Å². The molecule has 136 valence electrons. The third-order valence-electron chi connectivity index (χ3n) is 3.82. The molecule has 3 rings (SSSR count). The van der Waals surface area contributed by atoms with Crippen molar-refractivity contribution >= 4 is 10.0 Å². The Kier molecular flexibility index (Phi) is 4.84. The molecule has 5 nitrogen and oxygen atoms in total. The number of imidazole rings is 1. The highest BCUT2D eigenvalue weighted by Gasteiger charge is 2.25. The fraction of sp³-hybridized carbons (Fsp3) is 0.118. The van der Waals surface area contributed by atoms with Gasteiger partial charge in [0, 0.05) is 24.1 Å². The van der Waals surface area contributed by atoms with E-state index >= 15 is 0 Å². The van der Waals surface area contributed by atoms with Crippen LogP contribution in [-0.2, 0) is 10.0 Å². The summed E-state index contributed by atoms with van der Waals surface area (Å²) in [7, 11) is -4.38. The van der Waals surface area contributed by atoms with E-state index < -0.39 is 38.4 Å². The van der Waals surface area contributed by atoms with Crippen LogP contribution in [0.3, 0.4) is 0 Å². The Labute approximate surface area is 148 Å². The normalized spacial score (nSPS) is 12.9. The zero-order valence-corrected chi connectivity index (χ0v) is 14.3. The third kappa shape index (κ3) is 3.49. The van der Waals surface area contributed by atoms with Crippen molar-refractivity contribution in [3.05, 3.63) is 78.1 Å². The van der Waals surface area contributed by atoms with Crippen LogP contribution in [0, 0.1) is 17.5 Å². The standard InChI is InChI=1S/C17H14F3N3O2S/c1-11(12-2-4-13(5-3-12)23-9-8-21-10-23)22-26(24,25)15-7-6-14(18)16(19)17(15)20/h2-11,22H,1H3. The van der Waals surface area contributed by atoms with E-state index in [2.05, 4.69) is 9.71 Å². The van der Waals surface area contributed by atoms with Gasteiger partial charge in [-0.3, -0.25) is 0 Å². The minimum atomic E-state index is -4.38. The summed E-state index contributed by atoms with van der Waals surface area (Å²) in [5.41, 5.74) is 1.44. The predicted octanol–water partition coefficient (Wildman–Crippen LogP) is 3.33. The lowest BCUT2D eigenvalue weighted by molar-refractivity contribution is 0.431. The van der Waals surface area contributed by atoms with Crippen LogP contribution in [0.15, 0.2) is 60.0 Å². The highest BCUT2D eigenvalue weighted by atomic mass is 32.2. The van der Waals surface area contributed by atoms with Crippen molar-refractivity contribution in [1.29, 1.82) is 0 Å². The Morgan fingerprint density at radius 3 is 2.35 bits per heavy atom. The smallest absolute Gasteiger partial charge is 0.244 e. The maximum atomic E-state index is 13.8. The maximum Gasteiger partial charge on any atom is 0.244 e. The van der Waals surface area contributed by atoms with Crippen LogP contribution in [0.4, 0.5) is 13.2 Å². The molecule has 0 amide bonds. The van der Waals surface area contributed by atoms with E-state index in [0.29, 0.717) is 17.7 Å². The summed E-state index contributed by atoms with van der Waals surface area (Å²) in [4.78, 5) is 2.99. The quantitative estimate of drug-likeness (QED) is 0.690. The minimum Gasteiger partial charge on any atom is -0.306 e. The summed E-state index contributed by atoms with van der Waals surface area (Å²) < 4.78 is 68.7. The Hall–Kier alpha value is -2.65. The van der Waals surface area contributed by atoms with Gasteiger partial charge in [-0.25, -0.2) is 31.3 Å². The monoisotopic (exact) mass is 381 g/mol. The van der Waals surface area contributed by atoms with Crippen molar-refractivity contribution in [3.63, 3.8) is 0 Å². The molecule has 26 heavy (non-hydrogen) atoms. The maximum absolute atomic E-state index is 13.8. The Balaban J connectivity index is 1.83. The van der Waals surface area contributed by atoms with Gasteiger partial charge in [-0.1, -0.05) is 12.1 Å². The van der Waals surface area contributed by atoms with E-state index in [1.54, 1.807) is 54.5 Å². The molecule has 0 aliphatic rings. The topological polar surface area (TPSA) is 64.0 Å². The second-order valence-corrected chi connectivity index (χ2v) is 7.26. The first-order valence-electron chi connectivity index (χ1n) is 7.54. The van der Waals surface area contributed by atoms with Gasteiger partial charge in [0.15, 0.2) is 17.5 Å². The molecular weight excluding hydrogens is 367 g/mol. The molecule has 9 heteroatoms. The second-order valence-electron chi connectivity index (χ2n) is 5.58. The van der Waals surface area contributed by atoms with Crippen LogP contribution in [0.25, 0.3) is 5.69 Å². The van der Waals surface area contributed by atoms with Gasteiger partial charge >= 0.3 is 0 Å². The van der Waals surface area contributed by atoms with Crippen LogP contribution in [0.2, 0.25) is 0 Å². The van der Waals surface area contributed by atoms with Gasteiger partial charge in [-0.15, -0.1) is 0 Å². The first-order chi connectivity index (χ1) is 12.3. The van der Waals surface area contributed by atoms with E-state index in [0.717, 1.165) is 5.69 Å². The lowest BCUT2D eigenvalue weighted by Gasteiger charge is -2.16. The van der Waals surface area contributed by atoms with Crippen molar-refractivity contribution in [2.24, 2.45) is 0 Å². The number of hydrogen-bond donors (Lipinski definition) is 1. The first-order valence-corrected chi connectivity index (χ1v) is 9.02. The zero-order valence-electron chi connectivity index (χ0n) is 13.5. The number of rotatable bonds is 5. The number of nitrogens with one attached hydrogen (secondary N) is 1. The average molecular weight is 381 g/mol. The number of benzene rings is 2. The van der Waals surface area contributed by atoms with Crippen LogP contribution < -0.4 is 4.72 Å². The Bertz CT molecular complexity index is 1020. The Morgan fingerprint density at radius 1 is 1.04 bits per heavy atom. The zero-order chi connectivity index (χ0) is 18.9. The summed E-state index contributed by atoms with van der Waals surface area (Å²) in [5.74, 6) is -5.03. The van der Waals surface area contributed by atoms with Gasteiger partial charge < -0.3 is 4.57 Å². The molecule has 0 aliphatic carbocycles. The molecule has 0 radical (unpaired) electrons. The second kappa shape index (κ2) is 6.93. The molecular formula is C17H14F3N3O2S. The van der Waals surface area contributed by atoms with Crippen LogP contribution in [-0.4, -0.2) is 18.0 Å². The molecule has 0 fully saturated rings. The molecule has 0 saturated carbocycles.